The van der Waals surface area contributed by atoms with Gasteiger partial charge in [0.2, 0.25) is 21.8 Å². The largest absolute Gasteiger partial charge is 0.377 e. The first-order valence-corrected chi connectivity index (χ1v) is 9.83. The standard InChI is InChI=1S/C16H23N3O5S/c1-12(20)17-13-5-7-14(8-6-13)18-16(21)11-19(25(2,22)23)10-15-4-3-9-24-15/h5-8,15H,3-4,9-11H2,1-2H3,(H,17,20)(H,18,21). The van der Waals surface area contributed by atoms with Gasteiger partial charge in [0, 0.05) is 31.5 Å². The zero-order chi connectivity index (χ0) is 18.4. The van der Waals surface area contributed by atoms with E-state index in [4.69, 9.17) is 4.74 Å². The molecule has 1 aliphatic heterocycles. The molecule has 1 saturated heterocycles. The van der Waals surface area contributed by atoms with Crippen LogP contribution in [0.2, 0.25) is 0 Å². The van der Waals surface area contributed by atoms with Crippen molar-refractivity contribution in [2.75, 3.05) is 36.6 Å². The van der Waals surface area contributed by atoms with Crippen LogP contribution < -0.4 is 10.6 Å². The van der Waals surface area contributed by atoms with E-state index in [1.54, 1.807) is 24.3 Å². The maximum Gasteiger partial charge on any atom is 0.239 e. The SMILES string of the molecule is CC(=O)Nc1ccc(NC(=O)CN(CC2CCCO2)S(C)(=O)=O)cc1. The number of hydrogen-bond acceptors (Lipinski definition) is 5. The van der Waals surface area contributed by atoms with Crippen molar-refractivity contribution in [3.05, 3.63) is 24.3 Å². The summed E-state index contributed by atoms with van der Waals surface area (Å²) in [6.45, 7) is 1.93. The summed E-state index contributed by atoms with van der Waals surface area (Å²) < 4.78 is 30.4. The van der Waals surface area contributed by atoms with Crippen molar-refractivity contribution < 1.29 is 22.7 Å². The second-order valence-corrected chi connectivity index (χ2v) is 7.98. The van der Waals surface area contributed by atoms with E-state index in [0.29, 0.717) is 18.0 Å². The summed E-state index contributed by atoms with van der Waals surface area (Å²) in [6, 6.07) is 6.57. The molecule has 1 aromatic rings. The fourth-order valence-corrected chi connectivity index (χ4v) is 3.32. The van der Waals surface area contributed by atoms with Crippen molar-refractivity contribution in [1.29, 1.82) is 0 Å². The van der Waals surface area contributed by atoms with Gasteiger partial charge in [-0.25, -0.2) is 8.42 Å². The first kappa shape index (κ1) is 19.4. The Bertz CT molecular complexity index is 712. The zero-order valence-electron chi connectivity index (χ0n) is 14.3. The Morgan fingerprint density at radius 2 is 1.80 bits per heavy atom. The molecule has 0 bridgehead atoms. The van der Waals surface area contributed by atoms with Crippen molar-refractivity contribution in [3.8, 4) is 0 Å². The lowest BCUT2D eigenvalue weighted by Crippen LogP contribution is -2.41. The normalized spacial score (nSPS) is 17.5. The van der Waals surface area contributed by atoms with Gasteiger partial charge in [0.1, 0.15) is 0 Å². The molecule has 1 heterocycles. The van der Waals surface area contributed by atoms with Gasteiger partial charge in [-0.15, -0.1) is 0 Å². The monoisotopic (exact) mass is 369 g/mol. The van der Waals surface area contributed by atoms with E-state index in [-0.39, 0.29) is 25.1 Å². The van der Waals surface area contributed by atoms with E-state index in [1.165, 1.54) is 6.92 Å². The summed E-state index contributed by atoms with van der Waals surface area (Å²) in [6.07, 6.45) is 2.60. The van der Waals surface area contributed by atoms with Gasteiger partial charge in [-0.2, -0.15) is 4.31 Å². The van der Waals surface area contributed by atoms with E-state index in [0.717, 1.165) is 23.4 Å². The highest BCUT2D eigenvalue weighted by Crippen LogP contribution is 2.16. The number of nitrogens with zero attached hydrogens (tertiary/aromatic N) is 1. The molecule has 0 aliphatic carbocycles. The maximum atomic E-state index is 12.2. The number of sulfonamides is 1. The third-order valence-electron chi connectivity index (χ3n) is 3.71. The van der Waals surface area contributed by atoms with Gasteiger partial charge in [-0.3, -0.25) is 9.59 Å². The topological polar surface area (TPSA) is 105 Å². The van der Waals surface area contributed by atoms with Crippen LogP contribution in [0.25, 0.3) is 0 Å². The molecule has 1 aromatic carbocycles. The molecule has 0 aromatic heterocycles. The lowest BCUT2D eigenvalue weighted by Gasteiger charge is -2.22. The zero-order valence-corrected chi connectivity index (χ0v) is 15.1. The number of nitrogens with one attached hydrogen (secondary N) is 2. The fourth-order valence-electron chi connectivity index (χ4n) is 2.53. The molecule has 138 valence electrons. The van der Waals surface area contributed by atoms with Crippen molar-refractivity contribution in [2.24, 2.45) is 0 Å². The maximum absolute atomic E-state index is 12.2. The molecule has 25 heavy (non-hydrogen) atoms. The Morgan fingerprint density at radius 3 is 2.28 bits per heavy atom. The van der Waals surface area contributed by atoms with Crippen LogP contribution in [0, 0.1) is 0 Å². The molecular weight excluding hydrogens is 346 g/mol. The smallest absolute Gasteiger partial charge is 0.239 e. The van der Waals surface area contributed by atoms with E-state index in [2.05, 4.69) is 10.6 Å². The van der Waals surface area contributed by atoms with Crippen LogP contribution in [0.1, 0.15) is 19.8 Å². The summed E-state index contributed by atoms with van der Waals surface area (Å²) in [7, 11) is -3.51. The van der Waals surface area contributed by atoms with Crippen LogP contribution in [0.15, 0.2) is 24.3 Å². The third kappa shape index (κ3) is 6.45. The Hall–Kier alpha value is -1.97. The molecule has 0 spiro atoms. The lowest BCUT2D eigenvalue weighted by molar-refractivity contribution is -0.116. The van der Waals surface area contributed by atoms with Crippen molar-refractivity contribution >= 4 is 33.2 Å². The number of hydrogen-bond donors (Lipinski definition) is 2. The average molecular weight is 369 g/mol. The van der Waals surface area contributed by atoms with Crippen LogP contribution >= 0.6 is 0 Å². The predicted octanol–water partition coefficient (Wildman–Crippen LogP) is 1.02. The molecule has 2 rings (SSSR count). The quantitative estimate of drug-likeness (QED) is 0.747. The molecule has 1 aliphatic rings. The Morgan fingerprint density at radius 1 is 1.20 bits per heavy atom. The van der Waals surface area contributed by atoms with Gasteiger partial charge in [-0.05, 0) is 37.1 Å². The highest BCUT2D eigenvalue weighted by atomic mass is 32.2. The van der Waals surface area contributed by atoms with Gasteiger partial charge in [0.25, 0.3) is 0 Å². The van der Waals surface area contributed by atoms with Crippen LogP contribution in [-0.2, 0) is 24.3 Å². The number of amides is 2. The number of carbonyl (C=O) groups excluding carboxylic acids is 2. The molecule has 0 saturated carbocycles. The van der Waals surface area contributed by atoms with Crippen LogP contribution in [0.4, 0.5) is 11.4 Å². The average Bonchev–Trinajstić information content (AvgIpc) is 3.00. The molecule has 9 heteroatoms. The van der Waals surface area contributed by atoms with E-state index < -0.39 is 15.9 Å². The molecule has 0 radical (unpaired) electrons. The first-order valence-electron chi connectivity index (χ1n) is 7.98. The summed E-state index contributed by atoms with van der Waals surface area (Å²) in [5.74, 6) is -0.620. The second kappa shape index (κ2) is 8.41. The summed E-state index contributed by atoms with van der Waals surface area (Å²) >= 11 is 0. The third-order valence-corrected chi connectivity index (χ3v) is 4.93. The van der Waals surface area contributed by atoms with Crippen molar-refractivity contribution in [1.82, 2.24) is 4.31 Å². The Balaban J connectivity index is 1.94. The van der Waals surface area contributed by atoms with E-state index >= 15 is 0 Å². The number of carbonyl (C=O) groups is 2. The molecule has 2 amide bonds. The molecule has 1 atom stereocenters. The minimum absolute atomic E-state index is 0.167. The Labute approximate surface area is 147 Å². The van der Waals surface area contributed by atoms with Gasteiger partial charge in [-0.1, -0.05) is 0 Å². The summed E-state index contributed by atoms with van der Waals surface area (Å²) in [5.41, 5.74) is 1.13. The highest BCUT2D eigenvalue weighted by Gasteiger charge is 2.26. The van der Waals surface area contributed by atoms with Crippen molar-refractivity contribution in [2.45, 2.75) is 25.9 Å². The number of rotatable bonds is 7. The molecule has 1 fully saturated rings. The minimum atomic E-state index is -3.51. The first-order chi connectivity index (χ1) is 11.7. The minimum Gasteiger partial charge on any atom is -0.377 e. The number of anilines is 2. The fraction of sp³-hybridized carbons (Fsp3) is 0.500. The van der Waals surface area contributed by atoms with Gasteiger partial charge in [0.05, 0.1) is 18.9 Å². The van der Waals surface area contributed by atoms with Crippen LogP contribution in [-0.4, -0.2) is 56.6 Å². The molecule has 8 nitrogen and oxygen atoms in total. The lowest BCUT2D eigenvalue weighted by atomic mass is 10.2. The second-order valence-electron chi connectivity index (χ2n) is 6.00. The highest BCUT2D eigenvalue weighted by molar-refractivity contribution is 7.88. The number of benzene rings is 1. The van der Waals surface area contributed by atoms with Crippen LogP contribution in [0.5, 0.6) is 0 Å². The molecular formula is C16H23N3O5S. The number of ether oxygens (including phenoxy) is 1. The predicted molar refractivity (Wildman–Crippen MR) is 94.8 cm³/mol. The van der Waals surface area contributed by atoms with Gasteiger partial charge in [0.15, 0.2) is 0 Å². The van der Waals surface area contributed by atoms with E-state index in [9.17, 15) is 18.0 Å². The molecule has 2 N–H and O–H groups in total. The van der Waals surface area contributed by atoms with Crippen LogP contribution in [0.3, 0.4) is 0 Å². The Kier molecular flexibility index (Phi) is 6.51. The van der Waals surface area contributed by atoms with E-state index in [1.807, 2.05) is 0 Å². The van der Waals surface area contributed by atoms with Gasteiger partial charge < -0.3 is 15.4 Å². The van der Waals surface area contributed by atoms with Crippen molar-refractivity contribution in [3.63, 3.8) is 0 Å². The summed E-state index contributed by atoms with van der Waals surface area (Å²) in [4.78, 5) is 23.2. The molecule has 1 unspecified atom stereocenters. The van der Waals surface area contributed by atoms with Gasteiger partial charge >= 0.3 is 0 Å². The summed E-state index contributed by atoms with van der Waals surface area (Å²) in [5, 5.41) is 5.28.